The minimum Gasteiger partial charge on any atom is -0.492 e. The second kappa shape index (κ2) is 11.2. The Labute approximate surface area is 178 Å². The predicted octanol–water partition coefficient (Wildman–Crippen LogP) is 2.67. The number of likely N-dealkylation sites (N-methyl/N-ethyl adjacent to an activating group) is 1. The zero-order valence-electron chi connectivity index (χ0n) is 15.2. The molecule has 1 aliphatic heterocycles. The maximum Gasteiger partial charge on any atom is 0.193 e. The molecule has 1 atom stereocenters. The van der Waals surface area contributed by atoms with Crippen LogP contribution in [0.5, 0.6) is 5.75 Å². The van der Waals surface area contributed by atoms with Crippen LogP contribution in [0, 0.1) is 5.92 Å². The third kappa shape index (κ3) is 7.87. The van der Waals surface area contributed by atoms with Gasteiger partial charge in [-0.2, -0.15) is 0 Å². The van der Waals surface area contributed by atoms with Gasteiger partial charge in [0, 0.05) is 25.2 Å². The fourth-order valence-corrected chi connectivity index (χ4v) is 4.61. The molecule has 1 unspecified atom stereocenters. The van der Waals surface area contributed by atoms with Crippen LogP contribution >= 0.6 is 35.6 Å². The first-order valence-electron chi connectivity index (χ1n) is 8.48. The third-order valence-corrected chi connectivity index (χ3v) is 6.12. The maximum absolute atomic E-state index is 11.5. The van der Waals surface area contributed by atoms with Gasteiger partial charge < -0.3 is 15.0 Å². The summed E-state index contributed by atoms with van der Waals surface area (Å²) in [6.45, 7) is 4.47. The predicted molar refractivity (Wildman–Crippen MR) is 118 cm³/mol. The van der Waals surface area contributed by atoms with Crippen LogP contribution in [-0.2, 0) is 9.84 Å². The normalized spacial score (nSPS) is 18.9. The van der Waals surface area contributed by atoms with Crippen LogP contribution in [-0.4, -0.2) is 64.1 Å². The molecule has 6 nitrogen and oxygen atoms in total. The number of hydrogen-bond acceptors (Lipinski definition) is 4. The van der Waals surface area contributed by atoms with E-state index < -0.39 is 9.84 Å². The molecule has 9 heteroatoms. The van der Waals surface area contributed by atoms with Gasteiger partial charge >= 0.3 is 0 Å². The van der Waals surface area contributed by atoms with E-state index >= 15 is 0 Å². The highest BCUT2D eigenvalue weighted by Crippen LogP contribution is 2.18. The fourth-order valence-electron chi connectivity index (χ4n) is 2.64. The van der Waals surface area contributed by atoms with Gasteiger partial charge in [0.1, 0.15) is 12.4 Å². The Morgan fingerprint density at radius 1 is 1.38 bits per heavy atom. The molecule has 148 valence electrons. The van der Waals surface area contributed by atoms with E-state index in [1.54, 1.807) is 12.1 Å². The van der Waals surface area contributed by atoms with Gasteiger partial charge in [0.05, 0.1) is 18.1 Å². The number of hydrogen-bond donors (Lipinski definition) is 1. The summed E-state index contributed by atoms with van der Waals surface area (Å²) in [7, 11) is -0.914. The lowest BCUT2D eigenvalue weighted by Gasteiger charge is -2.22. The van der Waals surface area contributed by atoms with Gasteiger partial charge in [-0.15, -0.1) is 24.0 Å². The van der Waals surface area contributed by atoms with E-state index in [0.717, 1.165) is 18.3 Å². The third-order valence-electron chi connectivity index (χ3n) is 4.03. The summed E-state index contributed by atoms with van der Waals surface area (Å²) in [5.74, 6) is 2.20. The molecule has 1 saturated heterocycles. The van der Waals surface area contributed by atoms with Crippen LogP contribution in [0.3, 0.4) is 0 Å². The molecular formula is C17H27ClIN3O3S. The standard InChI is InChI=1S/C17H26ClN3O3S.HI/c1-3-19-17(20-12-14-8-11-25(22,23)13-14)21(2)9-10-24-16-6-4-15(18)5-7-16;/h4-7,14H,3,8-13H2,1-2H3,(H,19,20);1H. The second-order valence-corrected chi connectivity index (χ2v) is 8.85. The van der Waals surface area contributed by atoms with E-state index in [4.69, 9.17) is 16.3 Å². The van der Waals surface area contributed by atoms with Gasteiger partial charge in [-0.25, -0.2) is 8.42 Å². The Morgan fingerprint density at radius 3 is 2.65 bits per heavy atom. The summed E-state index contributed by atoms with van der Waals surface area (Å²) in [5, 5.41) is 3.92. The van der Waals surface area contributed by atoms with Crippen molar-refractivity contribution in [1.82, 2.24) is 10.2 Å². The molecule has 1 fully saturated rings. The molecule has 0 aromatic heterocycles. The number of halogens is 2. The average molecular weight is 516 g/mol. The highest BCUT2D eigenvalue weighted by atomic mass is 127. The van der Waals surface area contributed by atoms with Crippen molar-refractivity contribution in [1.29, 1.82) is 0 Å². The van der Waals surface area contributed by atoms with Crippen LogP contribution in [0.1, 0.15) is 13.3 Å². The highest BCUT2D eigenvalue weighted by molar-refractivity contribution is 14.0. The monoisotopic (exact) mass is 515 g/mol. The molecule has 0 aliphatic carbocycles. The number of benzene rings is 1. The highest BCUT2D eigenvalue weighted by Gasteiger charge is 2.27. The maximum atomic E-state index is 11.5. The minimum absolute atomic E-state index is 0. The van der Waals surface area contributed by atoms with Gasteiger partial charge in [0.25, 0.3) is 0 Å². The molecule has 0 saturated carbocycles. The lowest BCUT2D eigenvalue weighted by Crippen LogP contribution is -2.41. The molecule has 1 N–H and O–H groups in total. The molecule has 1 aromatic carbocycles. The SMILES string of the molecule is CCNC(=NCC1CCS(=O)(=O)C1)N(C)CCOc1ccc(Cl)cc1.I. The average Bonchev–Trinajstić information content (AvgIpc) is 2.92. The van der Waals surface area contributed by atoms with Crippen LogP contribution in [0.2, 0.25) is 5.02 Å². The minimum atomic E-state index is -2.86. The Balaban J connectivity index is 0.00000338. The van der Waals surface area contributed by atoms with Gasteiger partial charge in [0.15, 0.2) is 15.8 Å². The number of aliphatic imine (C=N–C) groups is 1. The summed E-state index contributed by atoms with van der Waals surface area (Å²) in [5.41, 5.74) is 0. The van der Waals surface area contributed by atoms with E-state index in [0.29, 0.717) is 31.1 Å². The van der Waals surface area contributed by atoms with Crippen molar-refractivity contribution < 1.29 is 13.2 Å². The Hall–Kier alpha value is -0.740. The van der Waals surface area contributed by atoms with E-state index in [2.05, 4.69) is 10.3 Å². The van der Waals surface area contributed by atoms with Crippen LogP contribution in [0.25, 0.3) is 0 Å². The van der Waals surface area contributed by atoms with Gasteiger partial charge in [0.2, 0.25) is 0 Å². The van der Waals surface area contributed by atoms with E-state index in [9.17, 15) is 8.42 Å². The van der Waals surface area contributed by atoms with Gasteiger partial charge in [-0.05, 0) is 43.5 Å². The summed E-state index contributed by atoms with van der Waals surface area (Å²) >= 11 is 5.85. The van der Waals surface area contributed by atoms with Crippen molar-refractivity contribution in [2.45, 2.75) is 13.3 Å². The first-order chi connectivity index (χ1) is 11.9. The molecular weight excluding hydrogens is 489 g/mol. The zero-order valence-corrected chi connectivity index (χ0v) is 19.1. The molecule has 0 bridgehead atoms. The summed E-state index contributed by atoms with van der Waals surface area (Å²) < 4.78 is 28.8. The number of nitrogens with one attached hydrogen (secondary N) is 1. The van der Waals surface area contributed by atoms with Gasteiger partial charge in [-0.1, -0.05) is 11.6 Å². The largest absolute Gasteiger partial charge is 0.492 e. The number of guanidine groups is 1. The topological polar surface area (TPSA) is 71.0 Å². The zero-order chi connectivity index (χ0) is 18.3. The van der Waals surface area contributed by atoms with E-state index in [-0.39, 0.29) is 41.4 Å². The lowest BCUT2D eigenvalue weighted by atomic mass is 10.1. The van der Waals surface area contributed by atoms with Gasteiger partial charge in [-0.3, -0.25) is 4.99 Å². The van der Waals surface area contributed by atoms with Crippen LogP contribution < -0.4 is 10.1 Å². The molecule has 0 radical (unpaired) electrons. The number of ether oxygens (including phenoxy) is 1. The van der Waals surface area contributed by atoms with E-state index in [1.165, 1.54) is 0 Å². The number of rotatable bonds is 7. The molecule has 1 aromatic rings. The van der Waals surface area contributed by atoms with E-state index in [1.807, 2.05) is 31.0 Å². The molecule has 0 amide bonds. The van der Waals surface area contributed by atoms with Crippen molar-refractivity contribution in [3.8, 4) is 5.75 Å². The van der Waals surface area contributed by atoms with Crippen molar-refractivity contribution >= 4 is 51.4 Å². The molecule has 0 spiro atoms. The fraction of sp³-hybridized carbons (Fsp3) is 0.588. The van der Waals surface area contributed by atoms with Crippen molar-refractivity contribution in [2.75, 3.05) is 44.8 Å². The molecule has 26 heavy (non-hydrogen) atoms. The summed E-state index contributed by atoms with van der Waals surface area (Å²) in [6.07, 6.45) is 0.703. The number of nitrogens with zero attached hydrogens (tertiary/aromatic N) is 2. The second-order valence-electron chi connectivity index (χ2n) is 6.19. The Morgan fingerprint density at radius 2 is 2.08 bits per heavy atom. The first kappa shape index (κ1) is 23.3. The summed E-state index contributed by atoms with van der Waals surface area (Å²) in [4.78, 5) is 6.58. The number of sulfone groups is 1. The smallest absolute Gasteiger partial charge is 0.193 e. The Kier molecular flexibility index (Phi) is 10.0. The Bertz CT molecular complexity index is 683. The van der Waals surface area contributed by atoms with Crippen molar-refractivity contribution in [3.63, 3.8) is 0 Å². The van der Waals surface area contributed by atoms with Crippen molar-refractivity contribution in [2.24, 2.45) is 10.9 Å². The molecule has 1 aliphatic rings. The first-order valence-corrected chi connectivity index (χ1v) is 10.7. The quantitative estimate of drug-likeness (QED) is 0.343. The molecule has 2 rings (SSSR count). The van der Waals surface area contributed by atoms with Crippen LogP contribution in [0.4, 0.5) is 0 Å². The summed E-state index contributed by atoms with van der Waals surface area (Å²) in [6, 6.07) is 7.26. The van der Waals surface area contributed by atoms with Crippen molar-refractivity contribution in [3.05, 3.63) is 29.3 Å². The van der Waals surface area contributed by atoms with Crippen LogP contribution in [0.15, 0.2) is 29.3 Å². The molecule has 1 heterocycles. The lowest BCUT2D eigenvalue weighted by molar-refractivity contribution is 0.281.